The second kappa shape index (κ2) is 8.32. The summed E-state index contributed by atoms with van der Waals surface area (Å²) in [4.78, 5) is 4.11. The lowest BCUT2D eigenvalue weighted by Crippen LogP contribution is -2.39. The van der Waals surface area contributed by atoms with Crippen molar-refractivity contribution in [2.75, 3.05) is 0 Å². The van der Waals surface area contributed by atoms with Gasteiger partial charge in [-0.1, -0.05) is 26.0 Å². The normalized spacial score (nSPS) is 11.1. The first-order chi connectivity index (χ1) is 14.4. The van der Waals surface area contributed by atoms with Crippen molar-refractivity contribution in [3.8, 4) is 11.3 Å². The standard InChI is InChI=1S/C19H15F2N7.C2H6/c1-27-11-13(10-25-27)16-6-7-17(22)28(26-16)18(23)19(20,21)14-4-5-15-12(9-14)3-2-8-24-15;1-2/h2-11,22-23H,1H3;1-2H3. The largest absolute Gasteiger partial charge is 0.331 e. The van der Waals surface area contributed by atoms with Crippen LogP contribution in [0.4, 0.5) is 8.78 Å². The van der Waals surface area contributed by atoms with Gasteiger partial charge >= 0.3 is 5.92 Å². The Morgan fingerprint density at radius 3 is 2.57 bits per heavy atom. The van der Waals surface area contributed by atoms with E-state index in [9.17, 15) is 0 Å². The van der Waals surface area contributed by atoms with Gasteiger partial charge in [0.25, 0.3) is 0 Å². The van der Waals surface area contributed by atoms with Gasteiger partial charge in [-0.05, 0) is 30.3 Å². The molecule has 0 radical (unpaired) electrons. The molecule has 7 nitrogen and oxygen atoms in total. The molecule has 154 valence electrons. The fourth-order valence-electron chi connectivity index (χ4n) is 2.84. The highest BCUT2D eigenvalue weighted by Crippen LogP contribution is 2.31. The predicted molar refractivity (Wildman–Crippen MR) is 110 cm³/mol. The lowest BCUT2D eigenvalue weighted by Gasteiger charge is -2.19. The summed E-state index contributed by atoms with van der Waals surface area (Å²) in [6.45, 7) is 4.00. The first-order valence-corrected chi connectivity index (χ1v) is 9.33. The summed E-state index contributed by atoms with van der Waals surface area (Å²) < 4.78 is 32.3. The van der Waals surface area contributed by atoms with Crippen LogP contribution in [0.5, 0.6) is 0 Å². The molecule has 4 aromatic rings. The molecule has 0 amide bonds. The van der Waals surface area contributed by atoms with Gasteiger partial charge in [0.2, 0.25) is 0 Å². The Morgan fingerprint density at radius 1 is 1.10 bits per heavy atom. The molecule has 0 unspecified atom stereocenters. The zero-order chi connectivity index (χ0) is 21.9. The summed E-state index contributed by atoms with van der Waals surface area (Å²) in [5.41, 5.74) is 0.842. The lowest BCUT2D eigenvalue weighted by atomic mass is 10.0. The summed E-state index contributed by atoms with van der Waals surface area (Å²) in [6, 6.07) is 10.2. The third kappa shape index (κ3) is 3.86. The Morgan fingerprint density at radius 2 is 1.87 bits per heavy atom. The number of hydrogen-bond donors (Lipinski definition) is 2. The molecule has 0 bridgehead atoms. The van der Waals surface area contributed by atoms with Crippen LogP contribution in [-0.4, -0.2) is 30.4 Å². The molecule has 2 N–H and O–H groups in total. The van der Waals surface area contributed by atoms with Crippen LogP contribution >= 0.6 is 0 Å². The van der Waals surface area contributed by atoms with E-state index in [2.05, 4.69) is 15.2 Å². The summed E-state index contributed by atoms with van der Waals surface area (Å²) in [7, 11) is 1.72. The summed E-state index contributed by atoms with van der Waals surface area (Å²) in [5.74, 6) is -4.75. The van der Waals surface area contributed by atoms with E-state index in [1.807, 2.05) is 13.8 Å². The van der Waals surface area contributed by atoms with Gasteiger partial charge in [0.1, 0.15) is 5.49 Å². The van der Waals surface area contributed by atoms with Crippen LogP contribution in [0.2, 0.25) is 0 Å². The maximum Gasteiger partial charge on any atom is 0.331 e. The van der Waals surface area contributed by atoms with Gasteiger partial charge in [0.05, 0.1) is 17.4 Å². The molecule has 0 aliphatic carbocycles. The molecule has 0 spiro atoms. The number of nitrogens with zero attached hydrogens (tertiary/aromatic N) is 5. The fraction of sp³-hybridized carbons (Fsp3) is 0.190. The Hall–Kier alpha value is -3.75. The van der Waals surface area contributed by atoms with Crippen LogP contribution in [-0.2, 0) is 13.0 Å². The van der Waals surface area contributed by atoms with Crippen molar-refractivity contribution < 1.29 is 8.78 Å². The minimum atomic E-state index is -3.65. The van der Waals surface area contributed by atoms with Gasteiger partial charge in [-0.2, -0.15) is 23.7 Å². The monoisotopic (exact) mass is 409 g/mol. The summed E-state index contributed by atoms with van der Waals surface area (Å²) in [6.07, 6.45) is 4.79. The van der Waals surface area contributed by atoms with Crippen LogP contribution in [0.3, 0.4) is 0 Å². The van der Waals surface area contributed by atoms with E-state index < -0.39 is 11.8 Å². The quantitative estimate of drug-likeness (QED) is 0.396. The van der Waals surface area contributed by atoms with Crippen LogP contribution < -0.4 is 5.49 Å². The molecule has 30 heavy (non-hydrogen) atoms. The van der Waals surface area contributed by atoms with Gasteiger partial charge < -0.3 is 0 Å². The first-order valence-electron chi connectivity index (χ1n) is 9.33. The van der Waals surface area contributed by atoms with Crippen molar-refractivity contribution in [2.24, 2.45) is 7.05 Å². The average Bonchev–Trinajstić information content (AvgIpc) is 3.21. The molecule has 3 heterocycles. The second-order valence-electron chi connectivity index (χ2n) is 6.25. The number of nitrogens with one attached hydrogen (secondary N) is 2. The zero-order valence-electron chi connectivity index (χ0n) is 16.8. The number of aryl methyl sites for hydroxylation is 1. The second-order valence-corrected chi connectivity index (χ2v) is 6.25. The molecule has 4 rings (SSSR count). The maximum atomic E-state index is 15.1. The van der Waals surface area contributed by atoms with E-state index in [1.165, 1.54) is 36.5 Å². The number of fused-ring (bicyclic) bond motifs is 1. The minimum absolute atomic E-state index is 0.320. The molecule has 0 aliphatic rings. The van der Waals surface area contributed by atoms with E-state index in [0.29, 0.717) is 26.8 Å². The number of benzene rings is 1. The molecule has 3 aromatic heterocycles. The predicted octanol–water partition coefficient (Wildman–Crippen LogP) is 3.95. The third-order valence-electron chi connectivity index (χ3n) is 4.31. The number of aromatic nitrogens is 5. The molecule has 0 atom stereocenters. The van der Waals surface area contributed by atoms with Gasteiger partial charge in [-0.3, -0.25) is 20.5 Å². The van der Waals surface area contributed by atoms with E-state index in [4.69, 9.17) is 10.8 Å². The first kappa shape index (κ1) is 21.0. The molecule has 9 heteroatoms. The third-order valence-corrected chi connectivity index (χ3v) is 4.31. The van der Waals surface area contributed by atoms with Crippen LogP contribution in [0.1, 0.15) is 19.4 Å². The smallest absolute Gasteiger partial charge is 0.283 e. The van der Waals surface area contributed by atoms with Crippen molar-refractivity contribution in [3.05, 3.63) is 72.1 Å². The van der Waals surface area contributed by atoms with Crippen LogP contribution in [0.15, 0.2) is 61.1 Å². The number of hydrogen-bond acceptors (Lipinski definition) is 5. The maximum absolute atomic E-state index is 15.1. The van der Waals surface area contributed by atoms with Gasteiger partial charge in [0, 0.05) is 36.0 Å². The SMILES string of the molecule is CC.Cn1cc(-c2ccc(=N)n(C(=N)C(F)(F)c3ccc4ncccc4c3)n2)cn1. The molecular weight excluding hydrogens is 388 g/mol. The van der Waals surface area contributed by atoms with E-state index >= 15 is 8.78 Å². The van der Waals surface area contributed by atoms with Crippen LogP contribution in [0.25, 0.3) is 22.2 Å². The van der Waals surface area contributed by atoms with Crippen molar-refractivity contribution in [3.63, 3.8) is 0 Å². The van der Waals surface area contributed by atoms with Crippen molar-refractivity contribution >= 4 is 16.7 Å². The molecule has 0 saturated carbocycles. The van der Waals surface area contributed by atoms with Crippen molar-refractivity contribution in [1.82, 2.24) is 24.5 Å². The number of alkyl halides is 2. The van der Waals surface area contributed by atoms with Crippen molar-refractivity contribution in [1.29, 1.82) is 10.8 Å². The Labute approximate surface area is 171 Å². The van der Waals surface area contributed by atoms with E-state index in [-0.39, 0.29) is 11.1 Å². The zero-order valence-corrected chi connectivity index (χ0v) is 16.8. The number of rotatable bonds is 3. The molecular formula is C21H21F2N7. The number of halogens is 2. The lowest BCUT2D eigenvalue weighted by molar-refractivity contribution is 0.0697. The van der Waals surface area contributed by atoms with Gasteiger partial charge in [-0.15, -0.1) is 0 Å². The summed E-state index contributed by atoms with van der Waals surface area (Å²) in [5, 5.41) is 24.7. The minimum Gasteiger partial charge on any atom is -0.283 e. The highest BCUT2D eigenvalue weighted by atomic mass is 19.3. The Balaban J connectivity index is 0.00000124. The Bertz CT molecular complexity index is 1260. The highest BCUT2D eigenvalue weighted by molar-refractivity contribution is 5.90. The molecule has 0 aliphatic heterocycles. The summed E-state index contributed by atoms with van der Waals surface area (Å²) >= 11 is 0. The average molecular weight is 409 g/mol. The van der Waals surface area contributed by atoms with E-state index in [0.717, 1.165) is 0 Å². The van der Waals surface area contributed by atoms with E-state index in [1.54, 1.807) is 36.3 Å². The van der Waals surface area contributed by atoms with Gasteiger partial charge in [-0.25, -0.2) is 0 Å². The molecule has 0 fully saturated rings. The number of pyridine rings is 1. The molecule has 1 aromatic carbocycles. The van der Waals surface area contributed by atoms with Crippen molar-refractivity contribution in [2.45, 2.75) is 19.8 Å². The van der Waals surface area contributed by atoms with Crippen LogP contribution in [0, 0.1) is 10.8 Å². The van der Waals surface area contributed by atoms with Gasteiger partial charge in [0.15, 0.2) is 5.84 Å². The Kier molecular flexibility index (Phi) is 5.81. The molecule has 0 saturated heterocycles. The highest BCUT2D eigenvalue weighted by Gasteiger charge is 2.39. The fourth-order valence-corrected chi connectivity index (χ4v) is 2.84. The topological polar surface area (TPSA) is 96.2 Å².